The van der Waals surface area contributed by atoms with Crippen LogP contribution in [-0.4, -0.2) is 47.5 Å². The third kappa shape index (κ3) is 5.42. The fourth-order valence-electron chi connectivity index (χ4n) is 4.29. The lowest BCUT2D eigenvalue weighted by Crippen LogP contribution is -2.37. The smallest absolute Gasteiger partial charge is 0.434 e. The lowest BCUT2D eigenvalue weighted by Gasteiger charge is -2.21. The summed E-state index contributed by atoms with van der Waals surface area (Å²) < 4.78 is 46.9. The van der Waals surface area contributed by atoms with Crippen LogP contribution in [0.15, 0.2) is 43.1 Å². The van der Waals surface area contributed by atoms with Crippen molar-refractivity contribution in [1.82, 2.24) is 34.5 Å². The Hall–Kier alpha value is -4.62. The highest BCUT2D eigenvalue weighted by Gasteiger charge is 2.35. The van der Waals surface area contributed by atoms with Gasteiger partial charge in [-0.3, -0.25) is 10.3 Å². The molecule has 0 atom stereocenters. The Balaban J connectivity index is 1.44. The van der Waals surface area contributed by atoms with Gasteiger partial charge in [-0.1, -0.05) is 24.3 Å². The molecule has 0 aliphatic heterocycles. The van der Waals surface area contributed by atoms with Crippen LogP contribution in [0.4, 0.5) is 19.1 Å². The Bertz CT molecular complexity index is 1530. The monoisotopic (exact) mass is 552 g/mol. The molecule has 0 radical (unpaired) electrons. The molecule has 11 nitrogen and oxygen atoms in total. The molecular weight excluding hydrogens is 525 g/mol. The van der Waals surface area contributed by atoms with Crippen molar-refractivity contribution >= 4 is 11.9 Å². The molecule has 1 aromatic carbocycles. The van der Waals surface area contributed by atoms with E-state index in [1.807, 2.05) is 0 Å². The van der Waals surface area contributed by atoms with Crippen molar-refractivity contribution in [2.24, 2.45) is 5.73 Å². The molecule has 0 bridgehead atoms. The number of nitrogens with two attached hydrogens (primary N) is 1. The van der Waals surface area contributed by atoms with E-state index in [1.165, 1.54) is 29.2 Å². The fourth-order valence-corrected chi connectivity index (χ4v) is 4.29. The molecule has 14 heteroatoms. The van der Waals surface area contributed by atoms with E-state index in [0.29, 0.717) is 22.8 Å². The Labute approximate surface area is 227 Å². The maximum Gasteiger partial charge on any atom is 0.434 e. The van der Waals surface area contributed by atoms with Gasteiger partial charge < -0.3 is 15.0 Å². The zero-order valence-corrected chi connectivity index (χ0v) is 22.0. The van der Waals surface area contributed by atoms with E-state index in [4.69, 9.17) is 15.9 Å². The minimum atomic E-state index is -4.55. The number of methoxy groups -OCH3 is 1. The number of alkyl halides is 3. The standard InChI is InChI=1S/C26H27F3N10O/c1-14(2)38-11-18(26(27,28)29)36-22(38)17-6-4-15(5-7-17)10-39(24(30)31)25-35-13-33-21(37-25)19-20(16-8-9-16)32-12-34-23(19)40-3/h4-7,11-14,16H,8-10H2,1-3H3,(H3,30,31). The first-order valence-electron chi connectivity index (χ1n) is 12.5. The summed E-state index contributed by atoms with van der Waals surface area (Å²) in [6, 6.07) is 6.61. The third-order valence-corrected chi connectivity index (χ3v) is 6.45. The third-order valence-electron chi connectivity index (χ3n) is 6.45. The summed E-state index contributed by atoms with van der Waals surface area (Å²) in [6.07, 6.45) is 1.23. The highest BCUT2D eigenvalue weighted by molar-refractivity contribution is 5.90. The van der Waals surface area contributed by atoms with Crippen LogP contribution in [0.1, 0.15) is 55.6 Å². The molecule has 4 aromatic rings. The number of nitrogens with zero attached hydrogens (tertiary/aromatic N) is 8. The summed E-state index contributed by atoms with van der Waals surface area (Å²) in [5.41, 5.74) is 7.57. The van der Waals surface area contributed by atoms with Gasteiger partial charge in [0.15, 0.2) is 17.5 Å². The molecule has 1 aliphatic rings. The fraction of sp³-hybridized carbons (Fsp3) is 0.346. The molecule has 3 aromatic heterocycles. The topological polar surface area (TPSA) is 145 Å². The highest BCUT2D eigenvalue weighted by atomic mass is 19.4. The predicted octanol–water partition coefficient (Wildman–Crippen LogP) is 4.58. The van der Waals surface area contributed by atoms with Crippen molar-refractivity contribution in [2.45, 2.75) is 51.4 Å². The van der Waals surface area contributed by atoms with E-state index >= 15 is 0 Å². The molecule has 3 N–H and O–H groups in total. The average Bonchev–Trinajstić information content (AvgIpc) is 3.67. The van der Waals surface area contributed by atoms with Gasteiger partial charge in [0.1, 0.15) is 24.0 Å². The summed E-state index contributed by atoms with van der Waals surface area (Å²) in [4.78, 5) is 27.0. The van der Waals surface area contributed by atoms with Crippen LogP contribution in [0.2, 0.25) is 0 Å². The average molecular weight is 553 g/mol. The summed E-state index contributed by atoms with van der Waals surface area (Å²) in [5.74, 6) is 0.960. The van der Waals surface area contributed by atoms with Crippen molar-refractivity contribution in [3.8, 4) is 28.7 Å². The summed E-state index contributed by atoms with van der Waals surface area (Å²) in [5, 5.41) is 8.16. The molecule has 0 amide bonds. The van der Waals surface area contributed by atoms with Crippen LogP contribution in [-0.2, 0) is 12.7 Å². The van der Waals surface area contributed by atoms with Crippen molar-refractivity contribution in [3.05, 3.63) is 60.1 Å². The summed E-state index contributed by atoms with van der Waals surface area (Å²) >= 11 is 0. The molecule has 0 saturated heterocycles. The Morgan fingerprint density at radius 2 is 1.80 bits per heavy atom. The van der Waals surface area contributed by atoms with Crippen molar-refractivity contribution in [1.29, 1.82) is 5.41 Å². The van der Waals surface area contributed by atoms with E-state index < -0.39 is 11.9 Å². The lowest BCUT2D eigenvalue weighted by molar-refractivity contribution is -0.140. The molecule has 1 saturated carbocycles. The minimum absolute atomic E-state index is 0.128. The minimum Gasteiger partial charge on any atom is -0.480 e. The number of rotatable bonds is 8. The van der Waals surface area contributed by atoms with Gasteiger partial charge in [-0.25, -0.2) is 24.9 Å². The maximum atomic E-state index is 13.3. The van der Waals surface area contributed by atoms with Crippen LogP contribution in [0, 0.1) is 5.41 Å². The first-order valence-corrected chi connectivity index (χ1v) is 12.5. The number of halogens is 3. The van der Waals surface area contributed by atoms with Gasteiger partial charge in [0.05, 0.1) is 19.3 Å². The van der Waals surface area contributed by atoms with E-state index in [0.717, 1.165) is 30.3 Å². The molecule has 3 heterocycles. The highest BCUT2D eigenvalue weighted by Crippen LogP contribution is 2.44. The second kappa shape index (κ2) is 10.5. The molecule has 5 rings (SSSR count). The van der Waals surface area contributed by atoms with Crippen LogP contribution >= 0.6 is 0 Å². The number of nitrogens with one attached hydrogen (secondary N) is 1. The SMILES string of the molecule is COc1ncnc(C2CC2)c1-c1ncnc(N(Cc2ccc(-c3nc(C(F)(F)F)cn3C(C)C)cc2)C(=N)N)n1. The molecule has 0 unspecified atom stereocenters. The van der Waals surface area contributed by atoms with Crippen molar-refractivity contribution in [3.63, 3.8) is 0 Å². The van der Waals surface area contributed by atoms with E-state index in [1.54, 1.807) is 38.1 Å². The summed E-state index contributed by atoms with van der Waals surface area (Å²) in [6.45, 7) is 3.71. The van der Waals surface area contributed by atoms with E-state index in [-0.39, 0.29) is 36.2 Å². The number of imidazole rings is 1. The molecule has 1 aliphatic carbocycles. The van der Waals surface area contributed by atoms with Crippen molar-refractivity contribution in [2.75, 3.05) is 12.0 Å². The second-order valence-electron chi connectivity index (χ2n) is 9.64. The summed E-state index contributed by atoms with van der Waals surface area (Å²) in [7, 11) is 1.51. The number of guanidine groups is 1. The van der Waals surface area contributed by atoms with Crippen LogP contribution in [0.5, 0.6) is 5.88 Å². The number of aromatic nitrogens is 7. The van der Waals surface area contributed by atoms with Gasteiger partial charge in [-0.2, -0.15) is 18.2 Å². The quantitative estimate of drug-likeness (QED) is 0.237. The first-order chi connectivity index (χ1) is 19.1. The first kappa shape index (κ1) is 27.0. The number of hydrogen-bond acceptors (Lipinski definition) is 8. The molecule has 0 spiro atoms. The lowest BCUT2D eigenvalue weighted by atomic mass is 10.1. The largest absolute Gasteiger partial charge is 0.480 e. The van der Waals surface area contributed by atoms with Gasteiger partial charge in [0.25, 0.3) is 0 Å². The predicted molar refractivity (Wildman–Crippen MR) is 141 cm³/mol. The molecular formula is C26H27F3N10O. The van der Waals surface area contributed by atoms with Crippen LogP contribution in [0.3, 0.4) is 0 Å². The zero-order valence-electron chi connectivity index (χ0n) is 22.0. The number of anilines is 1. The molecule has 1 fully saturated rings. The van der Waals surface area contributed by atoms with Crippen LogP contribution < -0.4 is 15.4 Å². The van der Waals surface area contributed by atoms with Gasteiger partial charge in [0, 0.05) is 23.7 Å². The van der Waals surface area contributed by atoms with E-state index in [9.17, 15) is 13.2 Å². The van der Waals surface area contributed by atoms with Crippen LogP contribution in [0.25, 0.3) is 22.8 Å². The Kier molecular flexibility index (Phi) is 7.08. The van der Waals surface area contributed by atoms with Gasteiger partial charge >= 0.3 is 6.18 Å². The number of benzene rings is 1. The maximum absolute atomic E-state index is 13.3. The van der Waals surface area contributed by atoms with Crippen molar-refractivity contribution < 1.29 is 17.9 Å². The normalized spacial score (nSPS) is 13.5. The number of ether oxygens (including phenoxy) is 1. The Morgan fingerprint density at radius 1 is 1.10 bits per heavy atom. The van der Waals surface area contributed by atoms with Gasteiger partial charge in [-0.05, 0) is 32.3 Å². The molecule has 208 valence electrons. The number of hydrogen-bond donors (Lipinski definition) is 2. The van der Waals surface area contributed by atoms with E-state index in [2.05, 4.69) is 29.9 Å². The van der Waals surface area contributed by atoms with Gasteiger partial charge in [0.2, 0.25) is 11.8 Å². The molecule has 40 heavy (non-hydrogen) atoms. The van der Waals surface area contributed by atoms with Gasteiger partial charge in [-0.15, -0.1) is 0 Å². The zero-order chi connectivity index (χ0) is 28.6. The Morgan fingerprint density at radius 3 is 2.40 bits per heavy atom. The second-order valence-corrected chi connectivity index (χ2v) is 9.64.